The van der Waals surface area contributed by atoms with Gasteiger partial charge in [0.1, 0.15) is 11.1 Å². The maximum atomic E-state index is 6.10. The summed E-state index contributed by atoms with van der Waals surface area (Å²) in [7, 11) is 1.50. The van der Waals surface area contributed by atoms with Crippen LogP contribution < -0.4 is 16.2 Å². The fourth-order valence-corrected chi connectivity index (χ4v) is 2.64. The van der Waals surface area contributed by atoms with Crippen molar-refractivity contribution in [2.45, 2.75) is 0 Å². The Morgan fingerprint density at radius 1 is 1.14 bits per heavy atom. The predicted molar refractivity (Wildman–Crippen MR) is 84.8 cm³/mol. The van der Waals surface area contributed by atoms with Gasteiger partial charge in [0.2, 0.25) is 5.89 Å². The maximum absolute atomic E-state index is 6.10. The summed E-state index contributed by atoms with van der Waals surface area (Å²) in [6, 6.07) is 6.56. The highest BCUT2D eigenvalue weighted by Gasteiger charge is 2.20. The van der Waals surface area contributed by atoms with E-state index in [2.05, 4.69) is 4.98 Å². The molecule has 0 saturated carbocycles. The number of halogens is 2. The molecule has 108 valence electrons. The van der Waals surface area contributed by atoms with E-state index < -0.39 is 0 Å². The molecule has 0 aliphatic heterocycles. The first-order valence-electron chi connectivity index (χ1n) is 5.99. The van der Waals surface area contributed by atoms with Gasteiger partial charge >= 0.3 is 0 Å². The van der Waals surface area contributed by atoms with E-state index in [1.54, 1.807) is 24.3 Å². The zero-order valence-corrected chi connectivity index (χ0v) is 12.5. The van der Waals surface area contributed by atoms with E-state index in [1.165, 1.54) is 7.11 Å². The van der Waals surface area contributed by atoms with E-state index in [0.29, 0.717) is 43.8 Å². The van der Waals surface area contributed by atoms with Crippen LogP contribution in [0.15, 0.2) is 28.7 Å². The highest BCUT2D eigenvalue weighted by molar-refractivity contribution is 6.38. The van der Waals surface area contributed by atoms with Crippen LogP contribution in [0.25, 0.3) is 22.6 Å². The molecule has 0 aliphatic rings. The van der Waals surface area contributed by atoms with Crippen molar-refractivity contribution in [2.75, 3.05) is 18.6 Å². The van der Waals surface area contributed by atoms with E-state index in [9.17, 15) is 0 Å². The van der Waals surface area contributed by atoms with Crippen LogP contribution in [0.2, 0.25) is 10.0 Å². The Hall–Kier alpha value is -2.11. The van der Waals surface area contributed by atoms with Gasteiger partial charge in [-0.15, -0.1) is 0 Å². The number of rotatable bonds is 2. The lowest BCUT2D eigenvalue weighted by Crippen LogP contribution is -1.99. The molecule has 1 heterocycles. The molecule has 2 aromatic carbocycles. The molecule has 5 nitrogen and oxygen atoms in total. The highest BCUT2D eigenvalue weighted by Crippen LogP contribution is 2.41. The van der Waals surface area contributed by atoms with Gasteiger partial charge in [0.25, 0.3) is 0 Å². The minimum absolute atomic E-state index is 0.274. The number of fused-ring (bicyclic) bond motifs is 1. The Morgan fingerprint density at radius 2 is 1.86 bits per heavy atom. The zero-order chi connectivity index (χ0) is 15.1. The van der Waals surface area contributed by atoms with Gasteiger partial charge < -0.3 is 20.6 Å². The van der Waals surface area contributed by atoms with Crippen LogP contribution in [0.4, 0.5) is 11.4 Å². The van der Waals surface area contributed by atoms with E-state index in [1.807, 2.05) is 0 Å². The average molecular weight is 324 g/mol. The van der Waals surface area contributed by atoms with Gasteiger partial charge in [0.15, 0.2) is 11.3 Å². The quantitative estimate of drug-likeness (QED) is 0.696. The fourth-order valence-electron chi connectivity index (χ4n) is 2.12. The van der Waals surface area contributed by atoms with Crippen LogP contribution in [-0.2, 0) is 0 Å². The van der Waals surface area contributed by atoms with Crippen LogP contribution in [0, 0.1) is 0 Å². The number of aromatic nitrogens is 1. The minimum atomic E-state index is 0.274. The maximum Gasteiger partial charge on any atom is 0.233 e. The summed E-state index contributed by atoms with van der Waals surface area (Å²) in [5.74, 6) is 0.680. The Balaban J connectivity index is 2.31. The van der Waals surface area contributed by atoms with Gasteiger partial charge in [0.05, 0.1) is 17.8 Å². The molecular formula is C14H11Cl2N3O2. The number of anilines is 2. The lowest BCUT2D eigenvalue weighted by molar-refractivity contribution is 0.417. The molecule has 0 saturated heterocycles. The largest absolute Gasteiger partial charge is 0.494 e. The summed E-state index contributed by atoms with van der Waals surface area (Å²) in [6.45, 7) is 0. The number of benzene rings is 2. The van der Waals surface area contributed by atoms with Crippen molar-refractivity contribution in [2.24, 2.45) is 0 Å². The first-order valence-corrected chi connectivity index (χ1v) is 6.74. The molecule has 0 amide bonds. The van der Waals surface area contributed by atoms with Gasteiger partial charge in [-0.05, 0) is 24.3 Å². The van der Waals surface area contributed by atoms with E-state index in [0.717, 1.165) is 0 Å². The van der Waals surface area contributed by atoms with E-state index in [4.69, 9.17) is 43.8 Å². The average Bonchev–Trinajstić information content (AvgIpc) is 2.84. The van der Waals surface area contributed by atoms with Gasteiger partial charge in [-0.3, -0.25) is 0 Å². The van der Waals surface area contributed by atoms with Crippen molar-refractivity contribution in [1.29, 1.82) is 0 Å². The van der Waals surface area contributed by atoms with Crippen molar-refractivity contribution in [3.8, 4) is 17.2 Å². The molecule has 0 bridgehead atoms. The van der Waals surface area contributed by atoms with Crippen LogP contribution in [0.1, 0.15) is 0 Å². The van der Waals surface area contributed by atoms with Crippen molar-refractivity contribution in [1.82, 2.24) is 4.98 Å². The third-order valence-corrected chi connectivity index (χ3v) is 3.55. The molecule has 4 N–H and O–H groups in total. The number of hydrogen-bond acceptors (Lipinski definition) is 5. The highest BCUT2D eigenvalue weighted by atomic mass is 35.5. The summed E-state index contributed by atoms with van der Waals surface area (Å²) in [4.78, 5) is 4.36. The number of oxazole rings is 1. The Morgan fingerprint density at radius 3 is 2.57 bits per heavy atom. The van der Waals surface area contributed by atoms with Crippen LogP contribution in [0.5, 0.6) is 5.75 Å². The second kappa shape index (κ2) is 5.02. The number of nitrogens with zero attached hydrogens (tertiary/aromatic N) is 1. The molecule has 0 unspecified atom stereocenters. The van der Waals surface area contributed by atoms with Crippen LogP contribution in [0.3, 0.4) is 0 Å². The van der Waals surface area contributed by atoms with E-state index >= 15 is 0 Å². The smallest absolute Gasteiger partial charge is 0.233 e. The summed E-state index contributed by atoms with van der Waals surface area (Å²) in [6.07, 6.45) is 0. The summed E-state index contributed by atoms with van der Waals surface area (Å²) >= 11 is 12.1. The lowest BCUT2D eigenvalue weighted by Gasteiger charge is -2.10. The van der Waals surface area contributed by atoms with E-state index in [-0.39, 0.29) is 5.89 Å². The number of nitrogen functional groups attached to an aromatic ring is 2. The Labute approximate surface area is 130 Å². The Kier molecular flexibility index (Phi) is 3.31. The molecule has 3 rings (SSSR count). The molecule has 21 heavy (non-hydrogen) atoms. The first-order chi connectivity index (χ1) is 10.0. The van der Waals surface area contributed by atoms with Crippen molar-refractivity contribution >= 4 is 45.7 Å². The standard InChI is InChI=1S/C14H11Cl2N3O2/c1-20-13-9(18)3-2-8(17)11(13)14-19-10-5-6(15)4-7(16)12(10)21-14/h2-5H,17-18H2,1H3. The monoisotopic (exact) mass is 323 g/mol. The summed E-state index contributed by atoms with van der Waals surface area (Å²) in [5, 5.41) is 0.845. The minimum Gasteiger partial charge on any atom is -0.494 e. The fraction of sp³-hybridized carbons (Fsp3) is 0.0714. The van der Waals surface area contributed by atoms with Gasteiger partial charge in [-0.25, -0.2) is 4.98 Å². The molecular weight excluding hydrogens is 313 g/mol. The van der Waals surface area contributed by atoms with Crippen molar-refractivity contribution < 1.29 is 9.15 Å². The topological polar surface area (TPSA) is 87.3 Å². The number of hydrogen-bond donors (Lipinski definition) is 2. The molecule has 0 atom stereocenters. The number of methoxy groups -OCH3 is 1. The zero-order valence-electron chi connectivity index (χ0n) is 11.0. The molecule has 7 heteroatoms. The normalized spacial score (nSPS) is 11.0. The second-order valence-electron chi connectivity index (χ2n) is 4.41. The molecule has 3 aromatic rings. The summed E-state index contributed by atoms with van der Waals surface area (Å²) in [5.41, 5.74) is 14.2. The van der Waals surface area contributed by atoms with Gasteiger partial charge in [0, 0.05) is 10.7 Å². The number of ether oxygens (including phenoxy) is 1. The predicted octanol–water partition coefficient (Wildman–Crippen LogP) is 3.97. The molecule has 0 aliphatic carbocycles. The van der Waals surface area contributed by atoms with Crippen molar-refractivity contribution in [3.63, 3.8) is 0 Å². The Bertz CT molecular complexity index is 846. The third kappa shape index (κ3) is 2.24. The molecule has 0 fully saturated rings. The lowest BCUT2D eigenvalue weighted by atomic mass is 10.1. The molecule has 1 aromatic heterocycles. The van der Waals surface area contributed by atoms with Gasteiger partial charge in [-0.2, -0.15) is 0 Å². The SMILES string of the molecule is COc1c(N)ccc(N)c1-c1nc2cc(Cl)cc(Cl)c2o1. The van der Waals surface area contributed by atoms with Gasteiger partial charge in [-0.1, -0.05) is 23.2 Å². The first kappa shape index (κ1) is 13.9. The van der Waals surface area contributed by atoms with Crippen LogP contribution >= 0.6 is 23.2 Å². The van der Waals surface area contributed by atoms with Crippen LogP contribution in [-0.4, -0.2) is 12.1 Å². The molecule has 0 radical (unpaired) electrons. The number of nitrogens with two attached hydrogens (primary N) is 2. The third-order valence-electron chi connectivity index (χ3n) is 3.05. The second-order valence-corrected chi connectivity index (χ2v) is 5.25. The summed E-state index contributed by atoms with van der Waals surface area (Å²) < 4.78 is 11.0. The molecule has 0 spiro atoms. The van der Waals surface area contributed by atoms with Crippen molar-refractivity contribution in [3.05, 3.63) is 34.3 Å².